The van der Waals surface area contributed by atoms with Gasteiger partial charge in [-0.1, -0.05) is 29.8 Å². The predicted octanol–water partition coefficient (Wildman–Crippen LogP) is 1.70. The molecule has 1 aromatic heterocycles. The molecule has 0 spiro atoms. The molecule has 18 heavy (non-hydrogen) atoms. The van der Waals surface area contributed by atoms with E-state index in [0.29, 0.717) is 29.3 Å². The van der Waals surface area contributed by atoms with Crippen molar-refractivity contribution >= 4 is 28.4 Å². The summed E-state index contributed by atoms with van der Waals surface area (Å²) in [5.41, 5.74) is 1.03. The number of para-hydroxylation sites is 1. The van der Waals surface area contributed by atoms with Crippen LogP contribution < -0.4 is 0 Å². The number of aliphatic hydroxyl groups is 1. The minimum Gasteiger partial charge on any atom is -0.389 e. The third-order valence-electron chi connectivity index (χ3n) is 3.03. The number of β-amino-alcohol motifs (C(OH)–C–C–N with tert-alkyl or cyclic N) is 1. The summed E-state index contributed by atoms with van der Waals surface area (Å²) in [4.78, 5) is 17.9. The lowest BCUT2D eigenvalue weighted by Crippen LogP contribution is -2.53. The number of pyridine rings is 1. The van der Waals surface area contributed by atoms with Crippen LogP contribution in [0.4, 0.5) is 0 Å². The number of benzene rings is 1. The van der Waals surface area contributed by atoms with Crippen molar-refractivity contribution in [3.8, 4) is 0 Å². The number of nitrogens with zero attached hydrogens (tertiary/aromatic N) is 2. The summed E-state index contributed by atoms with van der Waals surface area (Å²) in [7, 11) is 0. The van der Waals surface area contributed by atoms with Crippen molar-refractivity contribution in [3.63, 3.8) is 0 Å². The molecular formula is C13H11ClN2O2. The quantitative estimate of drug-likeness (QED) is 0.851. The molecule has 2 heterocycles. The molecule has 0 unspecified atom stereocenters. The van der Waals surface area contributed by atoms with Crippen LogP contribution in [0.25, 0.3) is 10.9 Å². The van der Waals surface area contributed by atoms with Gasteiger partial charge in [0, 0.05) is 18.5 Å². The fraction of sp³-hybridized carbons (Fsp3) is 0.231. The standard InChI is InChI=1S/C13H11ClN2O2/c14-10-5-12(13(18)16-6-8(17)7-16)15-11-4-2-1-3-9(10)11/h1-5,8,17H,6-7H2. The van der Waals surface area contributed by atoms with E-state index in [-0.39, 0.29) is 5.91 Å². The van der Waals surface area contributed by atoms with E-state index in [1.165, 1.54) is 0 Å². The van der Waals surface area contributed by atoms with Gasteiger partial charge >= 0.3 is 0 Å². The Morgan fingerprint density at radius 1 is 1.39 bits per heavy atom. The molecule has 1 aliphatic heterocycles. The average Bonchev–Trinajstić information content (AvgIpc) is 2.34. The molecule has 1 fully saturated rings. The van der Waals surface area contributed by atoms with Crippen LogP contribution in [-0.2, 0) is 0 Å². The van der Waals surface area contributed by atoms with Crippen LogP contribution in [0.1, 0.15) is 10.5 Å². The summed E-state index contributed by atoms with van der Waals surface area (Å²) in [5.74, 6) is -0.187. The Morgan fingerprint density at radius 3 is 2.83 bits per heavy atom. The van der Waals surface area contributed by atoms with Crippen molar-refractivity contribution in [2.45, 2.75) is 6.10 Å². The predicted molar refractivity (Wildman–Crippen MR) is 68.7 cm³/mol. The Morgan fingerprint density at radius 2 is 2.11 bits per heavy atom. The van der Waals surface area contributed by atoms with Gasteiger partial charge in [0.05, 0.1) is 16.6 Å². The lowest BCUT2D eigenvalue weighted by atomic mass is 10.1. The van der Waals surface area contributed by atoms with Gasteiger partial charge in [0.25, 0.3) is 5.91 Å². The van der Waals surface area contributed by atoms with E-state index in [2.05, 4.69) is 4.98 Å². The van der Waals surface area contributed by atoms with Gasteiger partial charge in [0.1, 0.15) is 5.69 Å². The smallest absolute Gasteiger partial charge is 0.272 e. The SMILES string of the molecule is O=C(c1cc(Cl)c2ccccc2n1)N1CC(O)C1. The van der Waals surface area contributed by atoms with Crippen molar-refractivity contribution < 1.29 is 9.90 Å². The van der Waals surface area contributed by atoms with Gasteiger partial charge < -0.3 is 10.0 Å². The highest BCUT2D eigenvalue weighted by Crippen LogP contribution is 2.24. The molecule has 3 rings (SSSR count). The van der Waals surface area contributed by atoms with E-state index in [4.69, 9.17) is 11.6 Å². The van der Waals surface area contributed by atoms with E-state index >= 15 is 0 Å². The lowest BCUT2D eigenvalue weighted by Gasteiger charge is -2.35. The maximum absolute atomic E-state index is 12.1. The number of aliphatic hydroxyl groups excluding tert-OH is 1. The molecule has 0 saturated carbocycles. The van der Waals surface area contributed by atoms with Gasteiger partial charge in [-0.3, -0.25) is 4.79 Å². The molecule has 0 aliphatic carbocycles. The molecule has 1 N–H and O–H groups in total. The molecule has 4 nitrogen and oxygen atoms in total. The van der Waals surface area contributed by atoms with Crippen molar-refractivity contribution in [1.82, 2.24) is 9.88 Å². The van der Waals surface area contributed by atoms with Gasteiger partial charge in [-0.05, 0) is 12.1 Å². The molecule has 0 bridgehead atoms. The van der Waals surface area contributed by atoms with Gasteiger partial charge in [-0.2, -0.15) is 0 Å². The van der Waals surface area contributed by atoms with Crippen LogP contribution in [-0.4, -0.2) is 40.1 Å². The van der Waals surface area contributed by atoms with Crippen LogP contribution in [0.5, 0.6) is 0 Å². The van der Waals surface area contributed by atoms with Gasteiger partial charge in [0.2, 0.25) is 0 Å². The second-order valence-electron chi connectivity index (χ2n) is 4.37. The highest BCUT2D eigenvalue weighted by atomic mass is 35.5. The van der Waals surface area contributed by atoms with Crippen LogP contribution in [0.15, 0.2) is 30.3 Å². The van der Waals surface area contributed by atoms with E-state index in [1.807, 2.05) is 24.3 Å². The number of aromatic nitrogens is 1. The maximum Gasteiger partial charge on any atom is 0.272 e. The molecule has 92 valence electrons. The first-order valence-electron chi connectivity index (χ1n) is 5.68. The summed E-state index contributed by atoms with van der Waals surface area (Å²) < 4.78 is 0. The van der Waals surface area contributed by atoms with Crippen LogP contribution in [0.3, 0.4) is 0 Å². The largest absolute Gasteiger partial charge is 0.389 e. The Labute approximate surface area is 109 Å². The number of hydrogen-bond donors (Lipinski definition) is 1. The minimum absolute atomic E-state index is 0.187. The van der Waals surface area contributed by atoms with Crippen LogP contribution >= 0.6 is 11.6 Å². The highest BCUT2D eigenvalue weighted by molar-refractivity contribution is 6.35. The zero-order chi connectivity index (χ0) is 12.7. The fourth-order valence-electron chi connectivity index (χ4n) is 2.03. The molecule has 0 atom stereocenters. The number of carbonyl (C=O) groups excluding carboxylic acids is 1. The third kappa shape index (κ3) is 1.83. The Bertz CT molecular complexity index is 623. The number of hydrogen-bond acceptors (Lipinski definition) is 3. The fourth-order valence-corrected chi connectivity index (χ4v) is 2.29. The number of carbonyl (C=O) groups is 1. The molecule has 1 aliphatic rings. The van der Waals surface area contributed by atoms with Crippen molar-refractivity contribution in [3.05, 3.63) is 41.0 Å². The van der Waals surface area contributed by atoms with Gasteiger partial charge in [-0.25, -0.2) is 4.98 Å². The number of amides is 1. The number of halogens is 1. The Kier molecular flexibility index (Phi) is 2.69. The average molecular weight is 263 g/mol. The summed E-state index contributed by atoms with van der Waals surface area (Å²) in [6.45, 7) is 0.732. The number of rotatable bonds is 1. The molecule has 2 aromatic rings. The third-order valence-corrected chi connectivity index (χ3v) is 3.35. The molecule has 1 amide bonds. The first kappa shape index (κ1) is 11.4. The second-order valence-corrected chi connectivity index (χ2v) is 4.78. The Hall–Kier alpha value is -1.65. The summed E-state index contributed by atoms with van der Waals surface area (Å²) in [6, 6.07) is 9.00. The summed E-state index contributed by atoms with van der Waals surface area (Å²) in [6.07, 6.45) is -0.412. The van der Waals surface area contributed by atoms with Crippen molar-refractivity contribution in [1.29, 1.82) is 0 Å². The first-order chi connectivity index (χ1) is 8.65. The monoisotopic (exact) mass is 262 g/mol. The van der Waals surface area contributed by atoms with Crippen molar-refractivity contribution in [2.75, 3.05) is 13.1 Å². The zero-order valence-corrected chi connectivity index (χ0v) is 10.3. The van der Waals surface area contributed by atoms with E-state index < -0.39 is 6.10 Å². The minimum atomic E-state index is -0.412. The first-order valence-corrected chi connectivity index (χ1v) is 6.05. The Balaban J connectivity index is 2.00. The number of likely N-dealkylation sites (tertiary alicyclic amines) is 1. The van der Waals surface area contributed by atoms with Crippen LogP contribution in [0, 0.1) is 0 Å². The highest BCUT2D eigenvalue weighted by Gasteiger charge is 2.30. The van der Waals surface area contributed by atoms with E-state index in [1.54, 1.807) is 11.0 Å². The zero-order valence-electron chi connectivity index (χ0n) is 9.51. The topological polar surface area (TPSA) is 53.4 Å². The van der Waals surface area contributed by atoms with E-state index in [9.17, 15) is 9.90 Å². The summed E-state index contributed by atoms with van der Waals surface area (Å²) in [5, 5.41) is 10.6. The summed E-state index contributed by atoms with van der Waals surface area (Å²) >= 11 is 6.14. The second kappa shape index (κ2) is 4.23. The lowest BCUT2D eigenvalue weighted by molar-refractivity contribution is 0.00553. The number of fused-ring (bicyclic) bond motifs is 1. The van der Waals surface area contributed by atoms with E-state index in [0.717, 1.165) is 5.39 Å². The van der Waals surface area contributed by atoms with Gasteiger partial charge in [0.15, 0.2) is 0 Å². The molecular weight excluding hydrogens is 252 g/mol. The maximum atomic E-state index is 12.1. The normalized spacial score (nSPS) is 15.8. The molecule has 5 heteroatoms. The molecule has 1 saturated heterocycles. The van der Waals surface area contributed by atoms with Gasteiger partial charge in [-0.15, -0.1) is 0 Å². The molecule has 1 aromatic carbocycles. The van der Waals surface area contributed by atoms with Crippen LogP contribution in [0.2, 0.25) is 5.02 Å². The molecule has 0 radical (unpaired) electrons. The van der Waals surface area contributed by atoms with Crippen molar-refractivity contribution in [2.24, 2.45) is 0 Å².